The van der Waals surface area contributed by atoms with Crippen molar-refractivity contribution in [2.75, 3.05) is 5.32 Å². The van der Waals surface area contributed by atoms with Gasteiger partial charge in [0.1, 0.15) is 17.7 Å². The van der Waals surface area contributed by atoms with E-state index in [-0.39, 0.29) is 16.5 Å². The topological polar surface area (TPSA) is 102 Å². The maximum absolute atomic E-state index is 12.0. The fourth-order valence-corrected chi connectivity index (χ4v) is 2.00. The predicted molar refractivity (Wildman–Crippen MR) is 88.2 cm³/mol. The third kappa shape index (κ3) is 5.16. The average Bonchev–Trinajstić information content (AvgIpc) is 2.48. The van der Waals surface area contributed by atoms with Crippen LogP contribution in [0.15, 0.2) is 30.0 Å². The Labute approximate surface area is 143 Å². The highest BCUT2D eigenvalue weighted by atomic mass is 35.5. The number of nitrogens with one attached hydrogen (secondary N) is 2. The van der Waals surface area contributed by atoms with Gasteiger partial charge in [-0.1, -0.05) is 43.1 Å². The van der Waals surface area contributed by atoms with Gasteiger partial charge in [0, 0.05) is 6.20 Å². The second kappa shape index (κ2) is 8.42. The zero-order valence-electron chi connectivity index (χ0n) is 12.4. The first-order valence-electron chi connectivity index (χ1n) is 6.62. The molecule has 3 N–H and O–H groups in total. The summed E-state index contributed by atoms with van der Waals surface area (Å²) in [5.74, 6) is -2.29. The van der Waals surface area contributed by atoms with Crippen molar-refractivity contribution in [1.82, 2.24) is 5.32 Å². The largest absolute Gasteiger partial charge is 0.480 e. The molecule has 0 saturated carbocycles. The highest BCUT2D eigenvalue weighted by molar-refractivity contribution is 6.43. The van der Waals surface area contributed by atoms with Crippen LogP contribution in [0.4, 0.5) is 5.69 Å². The van der Waals surface area contributed by atoms with Crippen LogP contribution in [-0.2, 0) is 9.59 Å². The minimum absolute atomic E-state index is 0.244. The van der Waals surface area contributed by atoms with Crippen LogP contribution in [0.2, 0.25) is 10.0 Å². The van der Waals surface area contributed by atoms with Crippen LogP contribution in [0, 0.1) is 17.2 Å². The Morgan fingerprint density at radius 1 is 1.35 bits per heavy atom. The van der Waals surface area contributed by atoms with E-state index in [1.807, 2.05) is 0 Å². The molecule has 1 unspecified atom stereocenters. The Hall–Kier alpha value is -2.23. The van der Waals surface area contributed by atoms with Gasteiger partial charge in [0.25, 0.3) is 5.91 Å². The fraction of sp³-hybridized carbons (Fsp3) is 0.267. The van der Waals surface area contributed by atoms with Gasteiger partial charge >= 0.3 is 5.97 Å². The summed E-state index contributed by atoms with van der Waals surface area (Å²) in [4.78, 5) is 23.1. The van der Waals surface area contributed by atoms with Crippen molar-refractivity contribution < 1.29 is 14.7 Å². The molecule has 6 nitrogen and oxygen atoms in total. The summed E-state index contributed by atoms with van der Waals surface area (Å²) in [6, 6.07) is 5.48. The van der Waals surface area contributed by atoms with E-state index in [1.54, 1.807) is 38.1 Å². The van der Waals surface area contributed by atoms with Gasteiger partial charge in [-0.25, -0.2) is 4.79 Å². The van der Waals surface area contributed by atoms with E-state index in [4.69, 9.17) is 33.6 Å². The molecule has 0 fully saturated rings. The molecular weight excluding hydrogens is 341 g/mol. The van der Waals surface area contributed by atoms with Gasteiger partial charge in [0.15, 0.2) is 0 Å². The second-order valence-corrected chi connectivity index (χ2v) is 5.73. The Balaban J connectivity index is 2.91. The molecule has 0 aliphatic rings. The summed E-state index contributed by atoms with van der Waals surface area (Å²) in [6.07, 6.45) is 1.14. The van der Waals surface area contributed by atoms with Gasteiger partial charge in [-0.3, -0.25) is 4.79 Å². The number of halogens is 2. The summed E-state index contributed by atoms with van der Waals surface area (Å²) >= 11 is 11.8. The number of nitrogens with zero attached hydrogens (tertiary/aromatic N) is 1. The van der Waals surface area contributed by atoms with E-state index in [0.29, 0.717) is 10.7 Å². The van der Waals surface area contributed by atoms with Crippen LogP contribution in [-0.4, -0.2) is 23.0 Å². The van der Waals surface area contributed by atoms with Crippen LogP contribution in [0.5, 0.6) is 0 Å². The smallest absolute Gasteiger partial charge is 0.326 e. The van der Waals surface area contributed by atoms with Crippen molar-refractivity contribution in [2.45, 2.75) is 19.9 Å². The molecule has 0 aromatic heterocycles. The summed E-state index contributed by atoms with van der Waals surface area (Å²) in [5.41, 5.74) is 0.131. The van der Waals surface area contributed by atoms with Gasteiger partial charge in [-0.15, -0.1) is 0 Å². The SMILES string of the molecule is CC(C)C(NC(=O)/C(C#N)=C\Nc1cccc(Cl)c1Cl)C(=O)O. The standard InChI is InChI=1S/C15H15Cl2N3O3/c1-8(2)13(15(22)23)20-14(21)9(6-18)7-19-11-5-3-4-10(16)12(11)17/h3-5,7-8,13,19H,1-2H3,(H,20,21)(H,22,23)/b9-7-. The highest BCUT2D eigenvalue weighted by Crippen LogP contribution is 2.29. The summed E-state index contributed by atoms with van der Waals surface area (Å²) in [5, 5.41) is 23.7. The van der Waals surface area contributed by atoms with E-state index in [1.165, 1.54) is 0 Å². The van der Waals surface area contributed by atoms with Crippen molar-refractivity contribution in [2.24, 2.45) is 5.92 Å². The molecule has 1 rings (SSSR count). The van der Waals surface area contributed by atoms with Crippen molar-refractivity contribution in [3.63, 3.8) is 0 Å². The number of carboxylic acids is 1. The fourth-order valence-electron chi connectivity index (χ4n) is 1.65. The number of amides is 1. The molecule has 1 amide bonds. The molecule has 0 aliphatic heterocycles. The monoisotopic (exact) mass is 355 g/mol. The van der Waals surface area contributed by atoms with E-state index >= 15 is 0 Å². The van der Waals surface area contributed by atoms with E-state index < -0.39 is 17.9 Å². The predicted octanol–water partition coefficient (Wildman–Crippen LogP) is 3.04. The van der Waals surface area contributed by atoms with Crippen LogP contribution in [0.25, 0.3) is 0 Å². The second-order valence-electron chi connectivity index (χ2n) is 4.95. The minimum Gasteiger partial charge on any atom is -0.480 e. The molecule has 1 atom stereocenters. The molecule has 0 bridgehead atoms. The Morgan fingerprint density at radius 2 is 2.00 bits per heavy atom. The summed E-state index contributed by atoms with van der Waals surface area (Å²) in [7, 11) is 0. The lowest BCUT2D eigenvalue weighted by atomic mass is 10.0. The van der Waals surface area contributed by atoms with Crippen molar-refractivity contribution >= 4 is 40.8 Å². The number of hydrogen-bond donors (Lipinski definition) is 3. The molecule has 0 saturated heterocycles. The van der Waals surface area contributed by atoms with Gasteiger partial charge in [0.2, 0.25) is 0 Å². The normalized spacial score (nSPS) is 12.4. The van der Waals surface area contributed by atoms with Gasteiger partial charge in [0.05, 0.1) is 15.7 Å². The number of nitriles is 1. The molecule has 0 aliphatic carbocycles. The first-order chi connectivity index (χ1) is 10.8. The Morgan fingerprint density at radius 3 is 2.52 bits per heavy atom. The van der Waals surface area contributed by atoms with Crippen LogP contribution in [0.1, 0.15) is 13.8 Å². The lowest BCUT2D eigenvalue weighted by Crippen LogP contribution is -2.44. The molecule has 0 spiro atoms. The summed E-state index contributed by atoms with van der Waals surface area (Å²) < 4.78 is 0. The number of carbonyl (C=O) groups excluding carboxylic acids is 1. The van der Waals surface area contributed by atoms with Gasteiger partial charge < -0.3 is 15.7 Å². The Bertz CT molecular complexity index is 681. The van der Waals surface area contributed by atoms with Crippen LogP contribution in [0.3, 0.4) is 0 Å². The minimum atomic E-state index is -1.17. The number of carboxylic acid groups (broad SMARTS) is 1. The van der Waals surface area contributed by atoms with E-state index in [0.717, 1.165) is 6.20 Å². The maximum atomic E-state index is 12.0. The number of hydrogen-bond acceptors (Lipinski definition) is 4. The summed E-state index contributed by atoms with van der Waals surface area (Å²) in [6.45, 7) is 3.30. The molecule has 0 radical (unpaired) electrons. The van der Waals surface area contributed by atoms with Crippen molar-refractivity contribution in [1.29, 1.82) is 5.26 Å². The van der Waals surface area contributed by atoms with E-state index in [2.05, 4.69) is 10.6 Å². The molecule has 0 heterocycles. The lowest BCUT2D eigenvalue weighted by molar-refractivity contribution is -0.142. The van der Waals surface area contributed by atoms with Crippen LogP contribution < -0.4 is 10.6 Å². The average molecular weight is 356 g/mol. The number of carbonyl (C=O) groups is 2. The number of aliphatic carboxylic acids is 1. The molecule has 8 heteroatoms. The third-order valence-electron chi connectivity index (χ3n) is 2.91. The highest BCUT2D eigenvalue weighted by Gasteiger charge is 2.24. The molecule has 122 valence electrons. The van der Waals surface area contributed by atoms with Crippen molar-refractivity contribution in [3.8, 4) is 6.07 Å². The number of anilines is 1. The quantitative estimate of drug-likeness (QED) is 0.537. The van der Waals surface area contributed by atoms with Crippen molar-refractivity contribution in [3.05, 3.63) is 40.0 Å². The zero-order valence-corrected chi connectivity index (χ0v) is 13.9. The van der Waals surface area contributed by atoms with Gasteiger partial charge in [-0.2, -0.15) is 5.26 Å². The number of rotatable bonds is 6. The third-order valence-corrected chi connectivity index (χ3v) is 3.73. The molecular formula is C15H15Cl2N3O3. The Kier molecular flexibility index (Phi) is 6.89. The first kappa shape index (κ1) is 18.8. The van der Waals surface area contributed by atoms with Gasteiger partial charge in [-0.05, 0) is 18.1 Å². The zero-order chi connectivity index (χ0) is 17.6. The molecule has 1 aromatic carbocycles. The first-order valence-corrected chi connectivity index (χ1v) is 7.38. The van der Waals surface area contributed by atoms with Crippen LogP contribution >= 0.6 is 23.2 Å². The maximum Gasteiger partial charge on any atom is 0.326 e. The van der Waals surface area contributed by atoms with E-state index in [9.17, 15) is 9.59 Å². The molecule has 1 aromatic rings. The molecule has 23 heavy (non-hydrogen) atoms. The lowest BCUT2D eigenvalue weighted by Gasteiger charge is -2.17. The number of benzene rings is 1.